The first-order chi connectivity index (χ1) is 7.65. The summed E-state index contributed by atoms with van der Waals surface area (Å²) in [6.45, 7) is 4.29. The molecule has 0 bridgehead atoms. The van der Waals surface area contributed by atoms with Crippen molar-refractivity contribution in [2.45, 2.75) is 26.3 Å². The van der Waals surface area contributed by atoms with Crippen molar-refractivity contribution in [2.24, 2.45) is 18.7 Å². The smallest absolute Gasteiger partial charge is 0.177 e. The summed E-state index contributed by atoms with van der Waals surface area (Å²) in [7, 11) is 1.99. The molecular weight excluding hydrogens is 200 g/mol. The van der Waals surface area contributed by atoms with Gasteiger partial charge in [-0.2, -0.15) is 0 Å². The molecule has 0 aliphatic rings. The molecule has 4 nitrogen and oxygen atoms in total. The molecule has 2 atom stereocenters. The van der Waals surface area contributed by atoms with Gasteiger partial charge in [0.1, 0.15) is 5.82 Å². The van der Waals surface area contributed by atoms with Gasteiger partial charge in [-0.1, -0.05) is 20.3 Å². The molecule has 0 saturated carbocycles. The van der Waals surface area contributed by atoms with Gasteiger partial charge in [-0.05, 0) is 18.1 Å². The topological polar surface area (TPSA) is 56.7 Å². The molecule has 2 aromatic heterocycles. The van der Waals surface area contributed by atoms with Crippen LogP contribution in [0.1, 0.15) is 32.1 Å². The Kier molecular flexibility index (Phi) is 2.92. The minimum Gasteiger partial charge on any atom is -0.328 e. The van der Waals surface area contributed by atoms with Crippen LogP contribution in [0.3, 0.4) is 0 Å². The summed E-state index contributed by atoms with van der Waals surface area (Å²) in [6, 6.07) is 3.91. The maximum Gasteiger partial charge on any atom is 0.177 e. The zero-order chi connectivity index (χ0) is 11.7. The Hall–Kier alpha value is -1.42. The molecule has 2 N–H and O–H groups in total. The highest BCUT2D eigenvalue weighted by Gasteiger charge is 2.19. The van der Waals surface area contributed by atoms with E-state index in [1.807, 2.05) is 23.7 Å². The van der Waals surface area contributed by atoms with Gasteiger partial charge in [-0.15, -0.1) is 0 Å². The molecule has 16 heavy (non-hydrogen) atoms. The maximum absolute atomic E-state index is 6.20. The molecule has 2 unspecified atom stereocenters. The zero-order valence-electron chi connectivity index (χ0n) is 10.0. The number of rotatable bonds is 3. The number of nitrogens with two attached hydrogens (primary N) is 1. The minimum atomic E-state index is -0.0239. The third-order valence-corrected chi connectivity index (χ3v) is 3.25. The number of fused-ring (bicyclic) bond motifs is 1. The number of pyridine rings is 1. The number of aromatic nitrogens is 3. The lowest BCUT2D eigenvalue weighted by Crippen LogP contribution is -2.22. The molecule has 0 aromatic carbocycles. The molecule has 2 aromatic rings. The van der Waals surface area contributed by atoms with Gasteiger partial charge in [-0.3, -0.25) is 0 Å². The molecule has 0 radical (unpaired) electrons. The largest absolute Gasteiger partial charge is 0.328 e. The van der Waals surface area contributed by atoms with Crippen molar-refractivity contribution in [3.8, 4) is 0 Å². The van der Waals surface area contributed by atoms with Crippen molar-refractivity contribution in [1.82, 2.24) is 14.5 Å². The van der Waals surface area contributed by atoms with Crippen LogP contribution in [0.15, 0.2) is 18.3 Å². The molecule has 0 amide bonds. The third kappa shape index (κ3) is 1.69. The molecule has 0 saturated heterocycles. The summed E-state index contributed by atoms with van der Waals surface area (Å²) in [5, 5.41) is 0. The molecule has 0 aliphatic carbocycles. The second-order valence-corrected chi connectivity index (χ2v) is 4.29. The van der Waals surface area contributed by atoms with Crippen molar-refractivity contribution in [3.63, 3.8) is 0 Å². The first-order valence-corrected chi connectivity index (χ1v) is 5.68. The third-order valence-electron chi connectivity index (χ3n) is 3.25. The highest BCUT2D eigenvalue weighted by atomic mass is 15.1. The lowest BCUT2D eigenvalue weighted by molar-refractivity contribution is 0.432. The van der Waals surface area contributed by atoms with Crippen molar-refractivity contribution < 1.29 is 0 Å². The predicted octanol–water partition coefficient (Wildman–Crippen LogP) is 2.01. The van der Waals surface area contributed by atoms with Gasteiger partial charge in [0.2, 0.25) is 0 Å². The first kappa shape index (κ1) is 11.1. The summed E-state index contributed by atoms with van der Waals surface area (Å²) < 4.78 is 2.04. The van der Waals surface area contributed by atoms with Gasteiger partial charge in [-0.25, -0.2) is 9.97 Å². The Morgan fingerprint density at radius 1 is 1.50 bits per heavy atom. The quantitative estimate of drug-likeness (QED) is 0.857. The number of nitrogens with zero attached hydrogens (tertiary/aromatic N) is 3. The second kappa shape index (κ2) is 4.22. The Morgan fingerprint density at radius 2 is 2.25 bits per heavy atom. The summed E-state index contributed by atoms with van der Waals surface area (Å²) >= 11 is 0. The van der Waals surface area contributed by atoms with Crippen molar-refractivity contribution in [1.29, 1.82) is 0 Å². The van der Waals surface area contributed by atoms with E-state index in [9.17, 15) is 0 Å². The fraction of sp³-hybridized carbons (Fsp3) is 0.500. The van der Waals surface area contributed by atoms with E-state index in [4.69, 9.17) is 5.73 Å². The molecule has 2 heterocycles. The number of imidazole rings is 1. The van der Waals surface area contributed by atoms with E-state index in [1.165, 1.54) is 0 Å². The van der Waals surface area contributed by atoms with Gasteiger partial charge >= 0.3 is 0 Å². The summed E-state index contributed by atoms with van der Waals surface area (Å²) in [5.41, 5.74) is 8.02. The standard InChI is InChI=1S/C12H18N4/c1-4-8(2)10(13)12-15-11-9(16(12)3)6-5-7-14-11/h5-8,10H,4,13H2,1-3H3. The summed E-state index contributed by atoms with van der Waals surface area (Å²) in [4.78, 5) is 8.75. The average molecular weight is 218 g/mol. The van der Waals surface area contributed by atoms with E-state index in [0.29, 0.717) is 5.92 Å². The highest BCUT2D eigenvalue weighted by molar-refractivity contribution is 5.71. The average Bonchev–Trinajstić information content (AvgIpc) is 2.65. The van der Waals surface area contributed by atoms with E-state index in [-0.39, 0.29) is 6.04 Å². The highest BCUT2D eigenvalue weighted by Crippen LogP contribution is 2.23. The van der Waals surface area contributed by atoms with Crippen molar-refractivity contribution in [3.05, 3.63) is 24.2 Å². The Labute approximate surface area is 95.5 Å². The maximum atomic E-state index is 6.20. The predicted molar refractivity (Wildman–Crippen MR) is 64.9 cm³/mol. The van der Waals surface area contributed by atoms with Gasteiger partial charge in [0.05, 0.1) is 11.6 Å². The molecule has 0 spiro atoms. The Morgan fingerprint density at radius 3 is 2.88 bits per heavy atom. The van der Waals surface area contributed by atoms with Gasteiger partial charge in [0, 0.05) is 13.2 Å². The molecular formula is C12H18N4. The van der Waals surface area contributed by atoms with Crippen LogP contribution in [0, 0.1) is 5.92 Å². The number of aryl methyl sites for hydroxylation is 1. The van der Waals surface area contributed by atoms with E-state index in [2.05, 4.69) is 23.8 Å². The fourth-order valence-corrected chi connectivity index (χ4v) is 1.85. The minimum absolute atomic E-state index is 0.0239. The molecule has 2 rings (SSSR count). The Balaban J connectivity index is 2.49. The summed E-state index contributed by atoms with van der Waals surface area (Å²) in [6.07, 6.45) is 2.81. The van der Waals surface area contributed by atoms with Crippen LogP contribution >= 0.6 is 0 Å². The van der Waals surface area contributed by atoms with E-state index in [1.54, 1.807) is 6.20 Å². The number of hydrogen-bond acceptors (Lipinski definition) is 3. The van der Waals surface area contributed by atoms with Gasteiger partial charge in [0.25, 0.3) is 0 Å². The SMILES string of the molecule is CCC(C)C(N)c1nc2ncccc2n1C. The van der Waals surface area contributed by atoms with Crippen LogP contribution in [0.5, 0.6) is 0 Å². The van der Waals surface area contributed by atoms with Gasteiger partial charge < -0.3 is 10.3 Å². The molecule has 0 aliphatic heterocycles. The first-order valence-electron chi connectivity index (χ1n) is 5.68. The second-order valence-electron chi connectivity index (χ2n) is 4.29. The molecule has 4 heteroatoms. The van der Waals surface area contributed by atoms with Gasteiger partial charge in [0.15, 0.2) is 5.65 Å². The normalized spacial score (nSPS) is 15.2. The van der Waals surface area contributed by atoms with E-state index in [0.717, 1.165) is 23.4 Å². The molecule has 0 fully saturated rings. The fourth-order valence-electron chi connectivity index (χ4n) is 1.85. The van der Waals surface area contributed by atoms with E-state index >= 15 is 0 Å². The zero-order valence-corrected chi connectivity index (χ0v) is 10.0. The monoisotopic (exact) mass is 218 g/mol. The van der Waals surface area contributed by atoms with E-state index < -0.39 is 0 Å². The molecule has 86 valence electrons. The van der Waals surface area contributed by atoms with Crippen molar-refractivity contribution >= 4 is 11.2 Å². The van der Waals surface area contributed by atoms with Crippen LogP contribution in [0.25, 0.3) is 11.2 Å². The number of hydrogen-bond donors (Lipinski definition) is 1. The van der Waals surface area contributed by atoms with Crippen LogP contribution in [-0.4, -0.2) is 14.5 Å². The van der Waals surface area contributed by atoms with Crippen molar-refractivity contribution in [2.75, 3.05) is 0 Å². The Bertz CT molecular complexity index is 489. The summed E-state index contributed by atoms with van der Waals surface area (Å²) in [5.74, 6) is 1.35. The van der Waals surface area contributed by atoms with Crippen LogP contribution in [0.4, 0.5) is 0 Å². The lowest BCUT2D eigenvalue weighted by Gasteiger charge is -2.17. The van der Waals surface area contributed by atoms with Crippen LogP contribution < -0.4 is 5.73 Å². The van der Waals surface area contributed by atoms with Crippen LogP contribution in [0.2, 0.25) is 0 Å². The van der Waals surface area contributed by atoms with Crippen LogP contribution in [-0.2, 0) is 7.05 Å². The lowest BCUT2D eigenvalue weighted by atomic mass is 9.99.